The van der Waals surface area contributed by atoms with Gasteiger partial charge in [-0.1, -0.05) is 6.07 Å². The molecule has 0 aliphatic heterocycles. The first kappa shape index (κ1) is 13.1. The number of fused-ring (bicyclic) bond motifs is 1. The molecule has 0 amide bonds. The molecule has 3 heteroatoms. The predicted octanol–water partition coefficient (Wildman–Crippen LogP) is 2.18. The molecule has 0 atom stereocenters. The van der Waals surface area contributed by atoms with Gasteiger partial charge >= 0.3 is 0 Å². The Bertz CT molecular complexity index is 543. The quantitative estimate of drug-likeness (QED) is 0.850. The topological polar surface area (TPSA) is 45.4 Å². The molecule has 2 rings (SSSR count). The highest BCUT2D eigenvalue weighted by Crippen LogP contribution is 2.27. The van der Waals surface area contributed by atoms with Crippen LogP contribution in [-0.2, 0) is 13.0 Å². The minimum atomic E-state index is 0.149. The van der Waals surface area contributed by atoms with E-state index in [9.17, 15) is 0 Å². The summed E-state index contributed by atoms with van der Waals surface area (Å²) in [6, 6.07) is 4.36. The summed E-state index contributed by atoms with van der Waals surface area (Å²) in [7, 11) is 0. The molecular weight excluding hydrogens is 226 g/mol. The molecular formula is C15H21NO2. The third-order valence-corrected chi connectivity index (χ3v) is 3.35. The van der Waals surface area contributed by atoms with E-state index in [2.05, 4.69) is 36.7 Å². The van der Waals surface area contributed by atoms with Crippen LogP contribution in [0.25, 0.3) is 10.9 Å². The summed E-state index contributed by atoms with van der Waals surface area (Å²) >= 11 is 0. The lowest BCUT2D eigenvalue weighted by molar-refractivity contribution is 0.277. The van der Waals surface area contributed by atoms with E-state index in [4.69, 9.17) is 10.2 Å². The molecule has 3 nitrogen and oxygen atoms in total. The van der Waals surface area contributed by atoms with Crippen LogP contribution in [0.3, 0.4) is 0 Å². The summed E-state index contributed by atoms with van der Waals surface area (Å²) in [6.45, 7) is 5.21. The number of benzene rings is 1. The minimum Gasteiger partial charge on any atom is -0.396 e. The Kier molecular flexibility index (Phi) is 4.04. The van der Waals surface area contributed by atoms with Gasteiger partial charge in [0.25, 0.3) is 0 Å². The predicted molar refractivity (Wildman–Crippen MR) is 73.9 cm³/mol. The number of aromatic nitrogens is 1. The summed E-state index contributed by atoms with van der Waals surface area (Å²) < 4.78 is 2.11. The molecule has 0 spiro atoms. The van der Waals surface area contributed by atoms with E-state index >= 15 is 0 Å². The fraction of sp³-hybridized carbons (Fsp3) is 0.467. The van der Waals surface area contributed by atoms with E-state index in [1.807, 2.05) is 0 Å². The number of aryl methyl sites for hydroxylation is 3. The summed E-state index contributed by atoms with van der Waals surface area (Å²) in [5, 5.41) is 19.4. The molecule has 0 bridgehead atoms. The second kappa shape index (κ2) is 5.55. The van der Waals surface area contributed by atoms with Gasteiger partial charge in [0.15, 0.2) is 0 Å². The smallest absolute Gasteiger partial charge is 0.0610 e. The van der Waals surface area contributed by atoms with Crippen molar-refractivity contribution in [3.05, 3.63) is 35.0 Å². The number of nitrogens with zero attached hydrogens (tertiary/aromatic N) is 1. The van der Waals surface area contributed by atoms with E-state index in [0.717, 1.165) is 12.8 Å². The maximum absolute atomic E-state index is 9.14. The molecule has 1 aromatic carbocycles. The van der Waals surface area contributed by atoms with Crippen molar-refractivity contribution in [3.63, 3.8) is 0 Å². The molecule has 0 unspecified atom stereocenters. The summed E-state index contributed by atoms with van der Waals surface area (Å²) in [4.78, 5) is 0. The van der Waals surface area contributed by atoms with E-state index in [0.29, 0.717) is 6.54 Å². The van der Waals surface area contributed by atoms with Crippen LogP contribution in [0, 0.1) is 13.8 Å². The van der Waals surface area contributed by atoms with Crippen LogP contribution in [0.15, 0.2) is 18.3 Å². The number of aliphatic hydroxyl groups excluding tert-OH is 2. The zero-order chi connectivity index (χ0) is 13.1. The lowest BCUT2D eigenvalue weighted by atomic mass is 10.0. The van der Waals surface area contributed by atoms with Crippen molar-refractivity contribution < 1.29 is 10.2 Å². The molecule has 2 N–H and O–H groups in total. The first-order valence-electron chi connectivity index (χ1n) is 6.48. The Morgan fingerprint density at radius 2 is 1.89 bits per heavy atom. The van der Waals surface area contributed by atoms with Crippen LogP contribution in [0.5, 0.6) is 0 Å². The van der Waals surface area contributed by atoms with Gasteiger partial charge in [0.2, 0.25) is 0 Å². The van der Waals surface area contributed by atoms with Gasteiger partial charge in [0.05, 0.1) is 6.61 Å². The second-order valence-electron chi connectivity index (χ2n) is 4.87. The Labute approximate surface area is 108 Å². The van der Waals surface area contributed by atoms with E-state index in [-0.39, 0.29) is 13.2 Å². The minimum absolute atomic E-state index is 0.149. The number of aliphatic hydroxyl groups is 2. The zero-order valence-electron chi connectivity index (χ0n) is 11.1. The number of rotatable bonds is 5. The highest BCUT2D eigenvalue weighted by Gasteiger charge is 2.11. The second-order valence-corrected chi connectivity index (χ2v) is 4.87. The molecule has 1 heterocycles. The molecule has 0 aliphatic rings. The highest BCUT2D eigenvalue weighted by atomic mass is 16.3. The van der Waals surface area contributed by atoms with Crippen molar-refractivity contribution in [2.75, 3.05) is 13.2 Å². The molecule has 98 valence electrons. The van der Waals surface area contributed by atoms with E-state index < -0.39 is 0 Å². The Morgan fingerprint density at radius 1 is 1.11 bits per heavy atom. The first-order chi connectivity index (χ1) is 8.67. The molecule has 0 fully saturated rings. The van der Waals surface area contributed by atoms with Gasteiger partial charge in [0.1, 0.15) is 0 Å². The SMILES string of the molecule is Cc1cc(C)c2c(CCCO)cn(CCO)c2c1. The monoisotopic (exact) mass is 247 g/mol. The molecule has 0 radical (unpaired) electrons. The average molecular weight is 247 g/mol. The molecule has 0 saturated carbocycles. The standard InChI is InChI=1S/C15H21NO2/c1-11-8-12(2)15-13(4-3-6-17)10-16(5-7-18)14(15)9-11/h8-10,17-18H,3-7H2,1-2H3. The Morgan fingerprint density at radius 3 is 2.56 bits per heavy atom. The zero-order valence-corrected chi connectivity index (χ0v) is 11.1. The van der Waals surface area contributed by atoms with Gasteiger partial charge < -0.3 is 14.8 Å². The molecule has 2 aromatic rings. The van der Waals surface area contributed by atoms with Crippen LogP contribution in [-0.4, -0.2) is 28.0 Å². The number of hydrogen-bond acceptors (Lipinski definition) is 2. The van der Waals surface area contributed by atoms with Crippen LogP contribution >= 0.6 is 0 Å². The third kappa shape index (κ3) is 2.42. The molecule has 18 heavy (non-hydrogen) atoms. The van der Waals surface area contributed by atoms with Crippen molar-refractivity contribution in [3.8, 4) is 0 Å². The van der Waals surface area contributed by atoms with Crippen LogP contribution < -0.4 is 0 Å². The van der Waals surface area contributed by atoms with Gasteiger partial charge in [0, 0.05) is 30.3 Å². The van der Waals surface area contributed by atoms with Crippen molar-refractivity contribution in [2.45, 2.75) is 33.2 Å². The number of hydrogen-bond donors (Lipinski definition) is 2. The van der Waals surface area contributed by atoms with Crippen LogP contribution in [0.1, 0.15) is 23.1 Å². The fourth-order valence-corrected chi connectivity index (χ4v) is 2.66. The summed E-state index contributed by atoms with van der Waals surface area (Å²) in [5.41, 5.74) is 4.97. The highest BCUT2D eigenvalue weighted by molar-refractivity contribution is 5.88. The fourth-order valence-electron chi connectivity index (χ4n) is 2.66. The molecule has 1 aromatic heterocycles. The normalized spacial score (nSPS) is 11.3. The van der Waals surface area contributed by atoms with Crippen molar-refractivity contribution in [1.29, 1.82) is 0 Å². The van der Waals surface area contributed by atoms with Gasteiger partial charge in [-0.15, -0.1) is 0 Å². The van der Waals surface area contributed by atoms with Gasteiger partial charge in [-0.3, -0.25) is 0 Å². The van der Waals surface area contributed by atoms with E-state index in [1.54, 1.807) is 0 Å². The lowest BCUT2D eigenvalue weighted by Gasteiger charge is -2.05. The third-order valence-electron chi connectivity index (χ3n) is 3.35. The van der Waals surface area contributed by atoms with Crippen molar-refractivity contribution in [2.24, 2.45) is 0 Å². The Hall–Kier alpha value is -1.32. The summed E-state index contributed by atoms with van der Waals surface area (Å²) in [6.07, 6.45) is 3.78. The van der Waals surface area contributed by atoms with Gasteiger partial charge in [-0.25, -0.2) is 0 Å². The maximum Gasteiger partial charge on any atom is 0.0610 e. The van der Waals surface area contributed by atoms with Crippen LogP contribution in [0.2, 0.25) is 0 Å². The molecule has 0 saturated heterocycles. The first-order valence-corrected chi connectivity index (χ1v) is 6.48. The van der Waals surface area contributed by atoms with Crippen molar-refractivity contribution >= 4 is 10.9 Å². The Balaban J connectivity index is 2.56. The summed E-state index contributed by atoms with van der Waals surface area (Å²) in [5.74, 6) is 0. The lowest BCUT2D eigenvalue weighted by Crippen LogP contribution is -2.00. The van der Waals surface area contributed by atoms with Crippen molar-refractivity contribution in [1.82, 2.24) is 4.57 Å². The maximum atomic E-state index is 9.14. The van der Waals surface area contributed by atoms with Gasteiger partial charge in [-0.2, -0.15) is 0 Å². The molecule has 0 aliphatic carbocycles. The van der Waals surface area contributed by atoms with Crippen LogP contribution in [0.4, 0.5) is 0 Å². The average Bonchev–Trinajstić information content (AvgIpc) is 2.65. The van der Waals surface area contributed by atoms with E-state index in [1.165, 1.54) is 27.6 Å². The van der Waals surface area contributed by atoms with Gasteiger partial charge in [-0.05, 0) is 49.4 Å². The largest absolute Gasteiger partial charge is 0.396 e.